The van der Waals surface area contributed by atoms with E-state index in [1.807, 2.05) is 85.5 Å². The van der Waals surface area contributed by atoms with Gasteiger partial charge in [-0.05, 0) is 48.6 Å². The molecule has 2 aromatic rings. The molecule has 0 bridgehead atoms. The van der Waals surface area contributed by atoms with Crippen molar-refractivity contribution in [2.45, 2.75) is 69.6 Å². The highest BCUT2D eigenvalue weighted by Gasteiger charge is 2.75. The molecule has 0 aromatic heterocycles. The first kappa shape index (κ1) is 29.6. The minimum atomic E-state index is -1.25. The van der Waals surface area contributed by atoms with Gasteiger partial charge in [0.05, 0.1) is 17.4 Å². The summed E-state index contributed by atoms with van der Waals surface area (Å²) in [5.74, 6) is -1.92. The number of anilines is 1. The second kappa shape index (κ2) is 11.9. The van der Waals surface area contributed by atoms with Gasteiger partial charge in [0.25, 0.3) is 5.91 Å². The Labute approximate surface area is 254 Å². The lowest BCUT2D eigenvalue weighted by Crippen LogP contribution is -2.56. The molecule has 4 heterocycles. The molecule has 0 saturated carbocycles. The van der Waals surface area contributed by atoms with E-state index in [2.05, 4.69) is 0 Å². The average Bonchev–Trinajstić information content (AvgIpc) is 3.30. The van der Waals surface area contributed by atoms with Crippen molar-refractivity contribution in [3.8, 4) is 0 Å². The number of unbranched alkanes of at least 4 members (excludes halogenated alkanes) is 3. The van der Waals surface area contributed by atoms with Gasteiger partial charge >= 0.3 is 0 Å². The van der Waals surface area contributed by atoms with E-state index in [1.165, 1.54) is 0 Å². The van der Waals surface area contributed by atoms with Crippen LogP contribution in [0.15, 0.2) is 66.8 Å². The smallest absolute Gasteiger partial charge is 0.253 e. The van der Waals surface area contributed by atoms with E-state index in [4.69, 9.17) is 4.74 Å². The summed E-state index contributed by atoms with van der Waals surface area (Å²) in [6.45, 7) is 6.03. The zero-order valence-corrected chi connectivity index (χ0v) is 25.3. The zero-order chi connectivity index (χ0) is 30.2. The predicted octanol–water partition coefficient (Wildman–Crippen LogP) is 4.46. The van der Waals surface area contributed by atoms with Crippen LogP contribution in [-0.2, 0) is 19.1 Å². The summed E-state index contributed by atoms with van der Waals surface area (Å²) in [5.41, 5.74) is -1.44. The van der Waals surface area contributed by atoms with Gasteiger partial charge in [0, 0.05) is 38.5 Å². The van der Waals surface area contributed by atoms with Crippen LogP contribution in [0.1, 0.15) is 52.4 Å². The van der Waals surface area contributed by atoms with Crippen molar-refractivity contribution in [1.29, 1.82) is 0 Å². The first-order chi connectivity index (χ1) is 20.9. The summed E-state index contributed by atoms with van der Waals surface area (Å²) in [4.78, 5) is 48.9. The summed E-state index contributed by atoms with van der Waals surface area (Å²) in [6, 6.07) is 13.2. The van der Waals surface area contributed by atoms with Gasteiger partial charge in [-0.2, -0.15) is 0 Å². The summed E-state index contributed by atoms with van der Waals surface area (Å²) < 4.78 is 7.08. The minimum absolute atomic E-state index is 0.0658. The van der Waals surface area contributed by atoms with Gasteiger partial charge < -0.3 is 24.5 Å². The lowest BCUT2D eigenvalue weighted by atomic mass is 9.73. The molecule has 0 radical (unpaired) electrons. The first-order valence-corrected chi connectivity index (χ1v) is 16.0. The normalized spacial score (nSPS) is 30.1. The van der Waals surface area contributed by atoms with Gasteiger partial charge in [0.2, 0.25) is 11.8 Å². The number of aliphatic hydroxyl groups is 1. The molecule has 0 aliphatic carbocycles. The molecule has 43 heavy (non-hydrogen) atoms. The van der Waals surface area contributed by atoms with E-state index in [0.29, 0.717) is 45.4 Å². The Morgan fingerprint density at radius 1 is 0.837 bits per heavy atom. The molecule has 1 unspecified atom stereocenters. The Kier molecular flexibility index (Phi) is 8.18. The van der Waals surface area contributed by atoms with Crippen molar-refractivity contribution in [3.05, 3.63) is 66.8 Å². The Hall–Kier alpha value is -3.49. The third-order valence-electron chi connectivity index (χ3n) is 9.87. The fraction of sp³-hybridized carbons (Fsp3) is 0.514. The molecule has 1 N–H and O–H groups in total. The van der Waals surface area contributed by atoms with E-state index >= 15 is 0 Å². The molecule has 1 spiro atoms. The van der Waals surface area contributed by atoms with Crippen LogP contribution in [0.4, 0.5) is 5.69 Å². The molecular weight excluding hydrogens is 542 g/mol. The predicted molar refractivity (Wildman–Crippen MR) is 166 cm³/mol. The number of carbonyl (C=O) groups excluding carboxylic acids is 3. The quantitative estimate of drug-likeness (QED) is 0.329. The number of benzene rings is 2. The lowest BCUT2D eigenvalue weighted by molar-refractivity contribution is -0.150. The summed E-state index contributed by atoms with van der Waals surface area (Å²) >= 11 is 0. The molecule has 6 rings (SSSR count). The molecule has 5 atom stereocenters. The van der Waals surface area contributed by atoms with Crippen LogP contribution in [0, 0.1) is 11.8 Å². The topological polar surface area (TPSA) is 90.4 Å². The number of likely N-dealkylation sites (tertiary alicyclic amines) is 1. The number of hydrogen-bond acceptors (Lipinski definition) is 5. The molecular formula is C35H43N3O5. The second-order valence-electron chi connectivity index (χ2n) is 12.4. The summed E-state index contributed by atoms with van der Waals surface area (Å²) in [6.07, 6.45) is 12.3. The third kappa shape index (κ3) is 4.79. The number of carbonyl (C=O) groups is 3. The molecule has 2 aromatic carbocycles. The lowest BCUT2D eigenvalue weighted by Gasteiger charge is -2.38. The molecule has 3 amide bonds. The Morgan fingerprint density at radius 3 is 2.37 bits per heavy atom. The van der Waals surface area contributed by atoms with Crippen LogP contribution >= 0.6 is 0 Å². The maximum absolute atomic E-state index is 14.8. The van der Waals surface area contributed by atoms with Crippen LogP contribution in [0.5, 0.6) is 0 Å². The van der Waals surface area contributed by atoms with Crippen molar-refractivity contribution in [2.24, 2.45) is 11.8 Å². The average molecular weight is 586 g/mol. The Balaban J connectivity index is 1.43. The van der Waals surface area contributed by atoms with Gasteiger partial charge in [0.15, 0.2) is 0 Å². The number of nitrogens with zero attached hydrogens (tertiary/aromatic N) is 3. The van der Waals surface area contributed by atoms with Crippen LogP contribution < -0.4 is 4.90 Å². The number of hydrogen-bond donors (Lipinski definition) is 1. The highest BCUT2D eigenvalue weighted by molar-refractivity contribution is 6.06. The van der Waals surface area contributed by atoms with Crippen molar-refractivity contribution in [3.63, 3.8) is 0 Å². The number of ether oxygens (including phenoxy) is 1. The number of rotatable bonds is 10. The Bertz CT molecular complexity index is 1450. The molecule has 228 valence electrons. The highest BCUT2D eigenvalue weighted by Crippen LogP contribution is 2.58. The van der Waals surface area contributed by atoms with Crippen LogP contribution in [0.3, 0.4) is 0 Å². The van der Waals surface area contributed by atoms with Crippen molar-refractivity contribution < 1.29 is 24.2 Å². The van der Waals surface area contributed by atoms with Crippen molar-refractivity contribution >= 4 is 34.2 Å². The second-order valence-corrected chi connectivity index (χ2v) is 12.4. The molecule has 8 heteroatoms. The number of aliphatic hydroxyl groups excluding tert-OH is 1. The van der Waals surface area contributed by atoms with Gasteiger partial charge in [0.1, 0.15) is 11.6 Å². The van der Waals surface area contributed by atoms with Gasteiger partial charge in [-0.1, -0.05) is 81.3 Å². The van der Waals surface area contributed by atoms with Crippen LogP contribution in [-0.4, -0.2) is 82.7 Å². The van der Waals surface area contributed by atoms with Gasteiger partial charge in [-0.15, -0.1) is 0 Å². The van der Waals surface area contributed by atoms with Crippen LogP contribution in [0.25, 0.3) is 10.8 Å². The fourth-order valence-corrected chi connectivity index (χ4v) is 7.85. The molecule has 2 saturated heterocycles. The fourth-order valence-electron chi connectivity index (χ4n) is 7.85. The van der Waals surface area contributed by atoms with Crippen molar-refractivity contribution in [1.82, 2.24) is 9.80 Å². The number of fused-ring (bicyclic) bond motifs is 3. The van der Waals surface area contributed by atoms with Gasteiger partial charge in [-0.25, -0.2) is 0 Å². The van der Waals surface area contributed by atoms with E-state index in [9.17, 15) is 19.5 Å². The molecule has 4 aliphatic rings. The van der Waals surface area contributed by atoms with E-state index in [0.717, 1.165) is 35.7 Å². The van der Waals surface area contributed by atoms with E-state index < -0.39 is 29.1 Å². The summed E-state index contributed by atoms with van der Waals surface area (Å²) in [7, 11) is 0. The Morgan fingerprint density at radius 2 is 1.60 bits per heavy atom. The minimum Gasteiger partial charge on any atom is -0.396 e. The SMILES string of the molecule is CCCN1CC=C[C@]2(CC)O[C@]34C=CCN(c5ccc6ccccc6c5)C(=O)C3N(CCCCCCO)C(=O)[C@@H]4[C@@H]2C1=O. The monoisotopic (exact) mass is 585 g/mol. The van der Waals surface area contributed by atoms with Crippen molar-refractivity contribution in [2.75, 3.05) is 37.7 Å². The molecule has 8 nitrogen and oxygen atoms in total. The van der Waals surface area contributed by atoms with Gasteiger partial charge in [-0.3, -0.25) is 14.4 Å². The zero-order valence-electron chi connectivity index (χ0n) is 25.3. The largest absolute Gasteiger partial charge is 0.396 e. The molecule has 4 aliphatic heterocycles. The molecule has 2 fully saturated rings. The van der Waals surface area contributed by atoms with E-state index in [1.54, 1.807) is 9.80 Å². The standard InChI is InChI=1S/C35H43N3O5/c1-3-19-36-20-11-17-34(4-2)28(31(36)40)29-32(41)38(21-9-5-6-10-23-39)30-33(42)37(22-12-18-35(29,30)43-34)27-16-15-25-13-7-8-14-26(25)24-27/h7-8,11-18,24,28-30,39H,3-6,9-10,19-23H2,1-2H3/t28-,29+,30?,34+,35+/m1/s1. The first-order valence-electron chi connectivity index (χ1n) is 16.0. The number of amides is 3. The summed E-state index contributed by atoms with van der Waals surface area (Å²) in [5, 5.41) is 11.4. The highest BCUT2D eigenvalue weighted by atomic mass is 16.5. The maximum Gasteiger partial charge on any atom is 0.253 e. The maximum atomic E-state index is 14.8. The third-order valence-corrected chi connectivity index (χ3v) is 9.87. The van der Waals surface area contributed by atoms with Crippen LogP contribution in [0.2, 0.25) is 0 Å². The van der Waals surface area contributed by atoms with E-state index in [-0.39, 0.29) is 24.3 Å².